The van der Waals surface area contributed by atoms with E-state index in [1.165, 1.54) is 0 Å². The van der Waals surface area contributed by atoms with Crippen LogP contribution in [0.2, 0.25) is 0 Å². The molecule has 0 spiro atoms. The van der Waals surface area contributed by atoms with Crippen molar-refractivity contribution in [2.75, 3.05) is 17.7 Å². The lowest BCUT2D eigenvalue weighted by Crippen LogP contribution is -2.24. The van der Waals surface area contributed by atoms with E-state index in [-0.39, 0.29) is 5.41 Å². The van der Waals surface area contributed by atoms with Gasteiger partial charge in [0.15, 0.2) is 0 Å². The minimum absolute atomic E-state index is 0.122. The van der Waals surface area contributed by atoms with Crippen molar-refractivity contribution in [1.29, 1.82) is 0 Å². The third-order valence-corrected chi connectivity index (χ3v) is 3.05. The Morgan fingerprint density at radius 3 is 2.61 bits per heavy atom. The van der Waals surface area contributed by atoms with Gasteiger partial charge in [-0.1, -0.05) is 26.0 Å². The fourth-order valence-electron chi connectivity index (χ4n) is 1.62. The number of nitrogens with zero attached hydrogens (tertiary/aromatic N) is 3. The van der Waals surface area contributed by atoms with Crippen LogP contribution in [-0.4, -0.2) is 27.6 Å². The average Bonchev–Trinajstić information content (AvgIpc) is 2.36. The Morgan fingerprint density at radius 1 is 1.17 bits per heavy atom. The third kappa shape index (κ3) is 3.29. The van der Waals surface area contributed by atoms with Gasteiger partial charge in [0, 0.05) is 12.4 Å². The van der Waals surface area contributed by atoms with Gasteiger partial charge in [-0.05, 0) is 24.0 Å². The van der Waals surface area contributed by atoms with E-state index in [9.17, 15) is 0 Å². The average molecular weight is 265 g/mol. The number of alkyl halides is 1. The first-order chi connectivity index (χ1) is 8.61. The number of rotatable bonds is 5. The Kier molecular flexibility index (Phi) is 3.97. The van der Waals surface area contributed by atoms with Crippen LogP contribution in [0.1, 0.15) is 20.3 Å². The minimum Gasteiger partial charge on any atom is -0.352 e. The first kappa shape index (κ1) is 13.0. The molecule has 2 aromatic rings. The number of aromatic nitrogens is 3. The summed E-state index contributed by atoms with van der Waals surface area (Å²) in [6.45, 7) is 5.10. The lowest BCUT2D eigenvalue weighted by molar-refractivity contribution is 0.378. The molecule has 2 rings (SSSR count). The molecule has 0 fully saturated rings. The van der Waals surface area contributed by atoms with Gasteiger partial charge in [0.1, 0.15) is 5.52 Å². The summed E-state index contributed by atoms with van der Waals surface area (Å²) < 4.78 is 0. The van der Waals surface area contributed by atoms with Gasteiger partial charge in [0.2, 0.25) is 5.95 Å². The van der Waals surface area contributed by atoms with Crippen LogP contribution in [0.3, 0.4) is 0 Å². The Morgan fingerprint density at radius 2 is 1.89 bits per heavy atom. The van der Waals surface area contributed by atoms with Crippen molar-refractivity contribution in [2.24, 2.45) is 5.41 Å². The lowest BCUT2D eigenvalue weighted by atomic mass is 9.90. The molecule has 0 saturated heterocycles. The van der Waals surface area contributed by atoms with Crippen LogP contribution in [0.25, 0.3) is 11.0 Å². The van der Waals surface area contributed by atoms with E-state index >= 15 is 0 Å². The number of para-hydroxylation sites is 1. The van der Waals surface area contributed by atoms with Gasteiger partial charge < -0.3 is 5.32 Å². The smallest absolute Gasteiger partial charge is 0.243 e. The van der Waals surface area contributed by atoms with Crippen LogP contribution in [0, 0.1) is 5.41 Å². The van der Waals surface area contributed by atoms with Gasteiger partial charge in [0.05, 0.1) is 5.52 Å². The fraction of sp³-hybridized carbons (Fsp3) is 0.462. The highest BCUT2D eigenvalue weighted by molar-refractivity contribution is 6.17. The summed E-state index contributed by atoms with van der Waals surface area (Å²) in [7, 11) is 0. The molecule has 0 bridgehead atoms. The van der Waals surface area contributed by atoms with Crippen LogP contribution in [-0.2, 0) is 0 Å². The zero-order valence-corrected chi connectivity index (χ0v) is 11.4. The van der Waals surface area contributed by atoms with E-state index in [0.29, 0.717) is 11.8 Å². The van der Waals surface area contributed by atoms with Gasteiger partial charge >= 0.3 is 0 Å². The molecule has 1 N–H and O–H groups in total. The molecule has 0 aliphatic rings. The Balaban J connectivity index is 2.08. The van der Waals surface area contributed by atoms with Gasteiger partial charge in [-0.2, -0.15) is 0 Å². The lowest BCUT2D eigenvalue weighted by Gasteiger charge is -2.23. The molecule has 0 aliphatic heterocycles. The summed E-state index contributed by atoms with van der Waals surface area (Å²) in [5.74, 6) is 1.22. The second-order valence-corrected chi connectivity index (χ2v) is 5.46. The normalized spacial score (nSPS) is 11.7. The summed E-state index contributed by atoms with van der Waals surface area (Å²) in [5, 5.41) is 11.4. The van der Waals surface area contributed by atoms with Crippen molar-refractivity contribution in [3.05, 3.63) is 24.3 Å². The molecule has 4 nitrogen and oxygen atoms in total. The number of benzene rings is 1. The molecule has 1 heterocycles. The molecule has 0 saturated carbocycles. The van der Waals surface area contributed by atoms with Crippen LogP contribution in [0.5, 0.6) is 0 Å². The van der Waals surface area contributed by atoms with Gasteiger partial charge in [-0.25, -0.2) is 4.98 Å². The molecular formula is C13H17ClN4. The quantitative estimate of drug-likeness (QED) is 0.843. The maximum absolute atomic E-state index is 5.77. The standard InChI is InChI=1S/C13H17ClN4/c1-13(2,7-8-14)9-15-12-16-10-5-3-4-6-11(10)17-18-12/h3-6H,7-9H2,1-2H3,(H,15,16,18). The van der Waals surface area contributed by atoms with E-state index in [2.05, 4.69) is 34.3 Å². The Bertz CT molecular complexity index is 527. The Hall–Kier alpha value is -1.42. The van der Waals surface area contributed by atoms with Crippen LogP contribution in [0.15, 0.2) is 24.3 Å². The van der Waals surface area contributed by atoms with E-state index < -0.39 is 0 Å². The van der Waals surface area contributed by atoms with Crippen LogP contribution in [0.4, 0.5) is 5.95 Å². The number of hydrogen-bond donors (Lipinski definition) is 1. The topological polar surface area (TPSA) is 50.7 Å². The molecule has 0 amide bonds. The molecule has 0 aliphatic carbocycles. The predicted molar refractivity (Wildman–Crippen MR) is 74.9 cm³/mol. The highest BCUT2D eigenvalue weighted by Crippen LogP contribution is 2.21. The molecule has 0 unspecified atom stereocenters. The molecular weight excluding hydrogens is 248 g/mol. The van der Waals surface area contributed by atoms with E-state index in [1.54, 1.807) is 0 Å². The van der Waals surface area contributed by atoms with Gasteiger partial charge in [0.25, 0.3) is 0 Å². The fourth-order valence-corrected chi connectivity index (χ4v) is 2.13. The highest BCUT2D eigenvalue weighted by Gasteiger charge is 2.17. The van der Waals surface area contributed by atoms with Crippen molar-refractivity contribution in [2.45, 2.75) is 20.3 Å². The maximum atomic E-state index is 5.77. The monoisotopic (exact) mass is 264 g/mol. The second kappa shape index (κ2) is 5.48. The molecule has 1 aromatic carbocycles. The second-order valence-electron chi connectivity index (χ2n) is 5.08. The summed E-state index contributed by atoms with van der Waals surface area (Å²) in [6, 6.07) is 7.70. The maximum Gasteiger partial charge on any atom is 0.243 e. The van der Waals surface area contributed by atoms with E-state index in [1.807, 2.05) is 24.3 Å². The molecule has 0 radical (unpaired) electrons. The van der Waals surface area contributed by atoms with Crippen molar-refractivity contribution >= 4 is 28.6 Å². The summed E-state index contributed by atoms with van der Waals surface area (Å²) in [6.07, 6.45) is 0.947. The van der Waals surface area contributed by atoms with Gasteiger partial charge in [-0.15, -0.1) is 21.8 Å². The minimum atomic E-state index is 0.122. The van der Waals surface area contributed by atoms with E-state index in [0.717, 1.165) is 24.0 Å². The van der Waals surface area contributed by atoms with Crippen LogP contribution < -0.4 is 5.32 Å². The molecule has 5 heteroatoms. The Labute approximate surface area is 112 Å². The molecule has 96 valence electrons. The van der Waals surface area contributed by atoms with Crippen molar-refractivity contribution < 1.29 is 0 Å². The summed E-state index contributed by atoms with van der Waals surface area (Å²) in [5.41, 5.74) is 1.78. The van der Waals surface area contributed by atoms with Crippen molar-refractivity contribution in [1.82, 2.24) is 15.2 Å². The SMILES string of the molecule is CC(C)(CCCl)CNc1nnc2ccccc2n1. The zero-order chi connectivity index (χ0) is 13.0. The molecule has 18 heavy (non-hydrogen) atoms. The van der Waals surface area contributed by atoms with Crippen molar-refractivity contribution in [3.63, 3.8) is 0 Å². The largest absolute Gasteiger partial charge is 0.352 e. The number of fused-ring (bicyclic) bond motifs is 1. The zero-order valence-electron chi connectivity index (χ0n) is 10.7. The molecule has 0 atom stereocenters. The number of hydrogen-bond acceptors (Lipinski definition) is 4. The number of anilines is 1. The van der Waals surface area contributed by atoms with E-state index in [4.69, 9.17) is 11.6 Å². The first-order valence-corrected chi connectivity index (χ1v) is 6.53. The first-order valence-electron chi connectivity index (χ1n) is 6.00. The van der Waals surface area contributed by atoms with Gasteiger partial charge in [-0.3, -0.25) is 0 Å². The predicted octanol–water partition coefficient (Wildman–Crippen LogP) is 3.09. The highest BCUT2D eigenvalue weighted by atomic mass is 35.5. The summed E-state index contributed by atoms with van der Waals surface area (Å²) in [4.78, 5) is 4.42. The third-order valence-electron chi connectivity index (χ3n) is 2.86. The van der Waals surface area contributed by atoms with Crippen LogP contribution >= 0.6 is 11.6 Å². The van der Waals surface area contributed by atoms with Crippen molar-refractivity contribution in [3.8, 4) is 0 Å². The number of nitrogens with one attached hydrogen (secondary N) is 1. The summed E-state index contributed by atoms with van der Waals surface area (Å²) >= 11 is 5.77. The molecule has 1 aromatic heterocycles. The number of halogens is 1.